The van der Waals surface area contributed by atoms with Gasteiger partial charge in [0, 0.05) is 11.5 Å². The molecule has 2 heterocycles. The lowest BCUT2D eigenvalue weighted by Crippen LogP contribution is -2.17. The van der Waals surface area contributed by atoms with E-state index in [-0.39, 0.29) is 22.1 Å². The van der Waals surface area contributed by atoms with Gasteiger partial charge < -0.3 is 9.84 Å². The smallest absolute Gasteiger partial charge is 0.481 e. The number of carboxylic acid groups (broad SMARTS) is 1. The van der Waals surface area contributed by atoms with Gasteiger partial charge in [0.05, 0.1) is 22.0 Å². The van der Waals surface area contributed by atoms with Crippen molar-refractivity contribution >= 4 is 34.0 Å². The molecule has 146 valence electrons. The van der Waals surface area contributed by atoms with Crippen LogP contribution in [-0.4, -0.2) is 43.2 Å². The molecule has 0 bridgehead atoms. The molecular weight excluding hydrogens is 401 g/mol. The van der Waals surface area contributed by atoms with Crippen molar-refractivity contribution in [1.29, 1.82) is 0 Å². The normalized spacial score (nSPS) is 12.7. The van der Waals surface area contributed by atoms with Crippen LogP contribution in [0.1, 0.15) is 10.5 Å². The van der Waals surface area contributed by atoms with E-state index in [9.17, 15) is 27.0 Å². The van der Waals surface area contributed by atoms with Crippen molar-refractivity contribution in [3.8, 4) is 11.6 Å². The zero-order valence-electron chi connectivity index (χ0n) is 13.8. The minimum atomic E-state index is -4.88. The standard InChI is InChI=1S/C17H11F3N2O5S/c18-17(19,20)27-12-5-4-10-6-11(8-23)22(13(10)7-12)14-2-1-3-15(21-14)28(26)9-16(24)25/h1-8H,9H2,(H,24,25). The van der Waals surface area contributed by atoms with Crippen LogP contribution in [0.5, 0.6) is 5.75 Å². The predicted molar refractivity (Wildman–Crippen MR) is 92.1 cm³/mol. The highest BCUT2D eigenvalue weighted by atomic mass is 32.2. The maximum Gasteiger partial charge on any atom is 0.573 e. The zero-order chi connectivity index (χ0) is 20.5. The number of fused-ring (bicyclic) bond motifs is 1. The zero-order valence-corrected chi connectivity index (χ0v) is 14.7. The highest BCUT2D eigenvalue weighted by Crippen LogP contribution is 2.30. The van der Waals surface area contributed by atoms with E-state index in [1.165, 1.54) is 34.9 Å². The number of hydrogen-bond acceptors (Lipinski definition) is 5. The number of ether oxygens (including phenoxy) is 1. The summed E-state index contributed by atoms with van der Waals surface area (Å²) in [7, 11) is -1.93. The molecule has 0 aliphatic carbocycles. The van der Waals surface area contributed by atoms with Crippen molar-refractivity contribution in [2.24, 2.45) is 0 Å². The van der Waals surface area contributed by atoms with Gasteiger partial charge in [-0.1, -0.05) is 6.07 Å². The average Bonchev–Trinajstić information content (AvgIpc) is 2.97. The summed E-state index contributed by atoms with van der Waals surface area (Å²) in [5.41, 5.74) is 0.297. The average molecular weight is 412 g/mol. The quantitative estimate of drug-likeness (QED) is 0.625. The molecule has 1 aromatic carbocycles. The number of benzene rings is 1. The van der Waals surface area contributed by atoms with Crippen LogP contribution < -0.4 is 4.74 Å². The second kappa shape index (κ2) is 7.43. The summed E-state index contributed by atoms with van der Waals surface area (Å²) in [5, 5.41) is 9.18. The molecule has 11 heteroatoms. The van der Waals surface area contributed by atoms with Gasteiger partial charge in [0.1, 0.15) is 22.3 Å². The highest BCUT2D eigenvalue weighted by Gasteiger charge is 2.31. The Morgan fingerprint density at radius 2 is 2.00 bits per heavy atom. The van der Waals surface area contributed by atoms with Crippen molar-refractivity contribution in [2.45, 2.75) is 11.4 Å². The summed E-state index contributed by atoms with van der Waals surface area (Å²) in [4.78, 5) is 26.3. The molecule has 0 aliphatic heterocycles. The van der Waals surface area contributed by atoms with Crippen LogP contribution in [0.25, 0.3) is 16.7 Å². The number of hydrogen-bond donors (Lipinski definition) is 1. The molecular formula is C17H11F3N2O5S. The number of alkyl halides is 3. The lowest BCUT2D eigenvalue weighted by atomic mass is 10.2. The molecule has 3 rings (SSSR count). The van der Waals surface area contributed by atoms with Crippen molar-refractivity contribution in [2.75, 3.05) is 5.75 Å². The van der Waals surface area contributed by atoms with E-state index in [1.807, 2.05) is 0 Å². The minimum Gasteiger partial charge on any atom is -0.481 e. The number of halogens is 3. The maximum atomic E-state index is 12.5. The number of pyridine rings is 1. The Kier molecular flexibility index (Phi) is 5.18. The molecule has 0 radical (unpaired) electrons. The third-order valence-electron chi connectivity index (χ3n) is 3.58. The van der Waals surface area contributed by atoms with Gasteiger partial charge in [-0.05, 0) is 30.3 Å². The van der Waals surface area contributed by atoms with Gasteiger partial charge in [0.15, 0.2) is 6.29 Å². The van der Waals surface area contributed by atoms with E-state index in [4.69, 9.17) is 5.11 Å². The van der Waals surface area contributed by atoms with Gasteiger partial charge in [-0.2, -0.15) is 0 Å². The van der Waals surface area contributed by atoms with Gasteiger partial charge in [0.2, 0.25) is 0 Å². The largest absolute Gasteiger partial charge is 0.573 e. The topological polar surface area (TPSA) is 98.5 Å². The van der Waals surface area contributed by atoms with Crippen molar-refractivity contribution in [3.05, 3.63) is 48.2 Å². The summed E-state index contributed by atoms with van der Waals surface area (Å²) >= 11 is 0. The van der Waals surface area contributed by atoms with E-state index < -0.39 is 34.6 Å². The maximum absolute atomic E-state index is 12.5. The number of rotatable bonds is 6. The van der Waals surface area contributed by atoms with E-state index in [1.54, 1.807) is 0 Å². The predicted octanol–water partition coefficient (Wildman–Crippen LogP) is 2.93. The van der Waals surface area contributed by atoms with Crippen LogP contribution in [0.2, 0.25) is 0 Å². The first kappa shape index (κ1) is 19.5. The summed E-state index contributed by atoms with van der Waals surface area (Å²) in [6, 6.07) is 9.26. The lowest BCUT2D eigenvalue weighted by molar-refractivity contribution is -0.274. The summed E-state index contributed by atoms with van der Waals surface area (Å²) in [5.74, 6) is -2.33. The molecule has 7 nitrogen and oxygen atoms in total. The molecule has 0 fully saturated rings. The third kappa shape index (κ3) is 4.19. The number of nitrogens with zero attached hydrogens (tertiary/aromatic N) is 2. The van der Waals surface area contributed by atoms with Crippen LogP contribution in [0, 0.1) is 0 Å². The van der Waals surface area contributed by atoms with E-state index in [0.717, 1.165) is 12.1 Å². The first-order valence-electron chi connectivity index (χ1n) is 7.62. The van der Waals surface area contributed by atoms with Gasteiger partial charge in [-0.25, -0.2) is 4.98 Å². The van der Waals surface area contributed by atoms with Crippen LogP contribution in [0.3, 0.4) is 0 Å². The summed E-state index contributed by atoms with van der Waals surface area (Å²) < 4.78 is 54.7. The van der Waals surface area contributed by atoms with Gasteiger partial charge in [-0.15, -0.1) is 13.2 Å². The van der Waals surface area contributed by atoms with Gasteiger partial charge in [0.25, 0.3) is 0 Å². The molecule has 1 N–H and O–H groups in total. The number of carboxylic acids is 1. The van der Waals surface area contributed by atoms with E-state index in [0.29, 0.717) is 11.7 Å². The first-order valence-corrected chi connectivity index (χ1v) is 8.94. The van der Waals surface area contributed by atoms with E-state index in [2.05, 4.69) is 9.72 Å². The van der Waals surface area contributed by atoms with Crippen LogP contribution in [0.15, 0.2) is 47.5 Å². The summed E-state index contributed by atoms with van der Waals surface area (Å²) in [6.45, 7) is 0. The molecule has 0 aliphatic rings. The fraction of sp³-hybridized carbons (Fsp3) is 0.118. The Morgan fingerprint density at radius 1 is 1.25 bits per heavy atom. The fourth-order valence-electron chi connectivity index (χ4n) is 2.58. The first-order chi connectivity index (χ1) is 13.2. The minimum absolute atomic E-state index is 0.0405. The number of aldehydes is 1. The van der Waals surface area contributed by atoms with Crippen molar-refractivity contribution < 1.29 is 36.8 Å². The number of carbonyl (C=O) groups is 2. The monoisotopic (exact) mass is 412 g/mol. The second-order valence-electron chi connectivity index (χ2n) is 5.51. The Hall–Kier alpha value is -3.21. The third-order valence-corrected chi connectivity index (χ3v) is 4.79. The number of aromatic nitrogens is 2. The van der Waals surface area contributed by atoms with Crippen molar-refractivity contribution in [3.63, 3.8) is 0 Å². The van der Waals surface area contributed by atoms with Crippen molar-refractivity contribution in [1.82, 2.24) is 9.55 Å². The molecule has 1 unspecified atom stereocenters. The van der Waals surface area contributed by atoms with Crippen LogP contribution in [-0.2, 0) is 15.6 Å². The molecule has 0 saturated heterocycles. The summed E-state index contributed by atoms with van der Waals surface area (Å²) in [6.07, 6.45) is -4.39. The van der Waals surface area contributed by atoms with Gasteiger partial charge >= 0.3 is 12.3 Å². The Labute approximate surface area is 157 Å². The van der Waals surface area contributed by atoms with Crippen LogP contribution in [0.4, 0.5) is 13.2 Å². The molecule has 1 atom stereocenters. The van der Waals surface area contributed by atoms with Crippen LogP contribution >= 0.6 is 0 Å². The number of carbonyl (C=O) groups excluding carboxylic acids is 1. The molecule has 2 aromatic heterocycles. The molecule has 3 aromatic rings. The number of aliphatic carboxylic acids is 1. The van der Waals surface area contributed by atoms with E-state index >= 15 is 0 Å². The molecule has 0 amide bonds. The second-order valence-corrected chi connectivity index (χ2v) is 6.91. The van der Waals surface area contributed by atoms with Gasteiger partial charge in [-0.3, -0.25) is 18.4 Å². The Balaban J connectivity index is 2.13. The lowest BCUT2D eigenvalue weighted by Gasteiger charge is -2.11. The Bertz CT molecular complexity index is 1090. The molecule has 0 saturated carbocycles. The Morgan fingerprint density at radius 3 is 2.64 bits per heavy atom. The molecule has 0 spiro atoms. The molecule has 28 heavy (non-hydrogen) atoms. The fourth-order valence-corrected chi connectivity index (χ4v) is 3.38. The SMILES string of the molecule is O=Cc1cc2ccc(OC(F)(F)F)cc2n1-c1cccc(S(=O)CC(=O)O)n1. The highest BCUT2D eigenvalue weighted by molar-refractivity contribution is 7.85.